The summed E-state index contributed by atoms with van der Waals surface area (Å²) in [6, 6.07) is 4.89. The number of alkyl halides is 1. The first-order valence-electron chi connectivity index (χ1n) is 3.66. The van der Waals surface area contributed by atoms with Gasteiger partial charge >= 0.3 is 0 Å². The predicted octanol–water partition coefficient (Wildman–Crippen LogP) is 3.56. The highest BCUT2D eigenvalue weighted by Crippen LogP contribution is 2.35. The van der Waals surface area contributed by atoms with Crippen molar-refractivity contribution in [2.45, 2.75) is 4.83 Å². The molecule has 0 saturated carbocycles. The second-order valence-corrected chi connectivity index (χ2v) is 4.33. The molecule has 74 valence electrons. The van der Waals surface area contributed by atoms with Gasteiger partial charge in [-0.3, -0.25) is 0 Å². The van der Waals surface area contributed by atoms with E-state index in [0.717, 1.165) is 0 Å². The molecule has 0 heterocycles. The summed E-state index contributed by atoms with van der Waals surface area (Å²) in [5, 5.41) is 8.70. The van der Waals surface area contributed by atoms with Gasteiger partial charge in [0.1, 0.15) is 4.83 Å². The van der Waals surface area contributed by atoms with E-state index in [4.69, 9.17) is 10.00 Å². The largest absolute Gasteiger partial charge is 0.493 e. The number of methoxy groups -OCH3 is 1. The minimum absolute atomic E-state index is 0.0941. The molecule has 0 N–H and O–H groups in total. The maximum Gasteiger partial charge on any atom is 0.166 e. The lowest BCUT2D eigenvalue weighted by molar-refractivity contribution is 0.382. The highest BCUT2D eigenvalue weighted by atomic mass is 79.9. The minimum Gasteiger partial charge on any atom is -0.493 e. The Kier molecular flexibility index (Phi) is 3.90. The molecule has 0 aliphatic carbocycles. The molecule has 2 nitrogen and oxygen atoms in total. The van der Waals surface area contributed by atoms with Crippen molar-refractivity contribution >= 4 is 31.9 Å². The first-order valence-corrected chi connectivity index (χ1v) is 5.37. The van der Waals surface area contributed by atoms with Gasteiger partial charge in [-0.25, -0.2) is 4.39 Å². The van der Waals surface area contributed by atoms with Crippen molar-refractivity contribution in [2.75, 3.05) is 7.11 Å². The van der Waals surface area contributed by atoms with Crippen molar-refractivity contribution in [3.8, 4) is 11.8 Å². The molecule has 5 heteroatoms. The number of hydrogen-bond donors (Lipinski definition) is 0. The molecule has 1 unspecified atom stereocenters. The molecule has 0 aliphatic heterocycles. The van der Waals surface area contributed by atoms with Crippen molar-refractivity contribution in [2.24, 2.45) is 0 Å². The van der Waals surface area contributed by atoms with Crippen molar-refractivity contribution in [3.05, 3.63) is 28.0 Å². The summed E-state index contributed by atoms with van der Waals surface area (Å²) in [6.45, 7) is 0. The third-order valence-corrected chi connectivity index (χ3v) is 2.78. The summed E-state index contributed by atoms with van der Waals surface area (Å²) < 4.78 is 18.8. The molecule has 0 aliphatic rings. The fourth-order valence-electron chi connectivity index (χ4n) is 1.05. The van der Waals surface area contributed by atoms with Crippen LogP contribution in [0.4, 0.5) is 4.39 Å². The van der Waals surface area contributed by atoms with E-state index in [-0.39, 0.29) is 5.75 Å². The summed E-state index contributed by atoms with van der Waals surface area (Å²) in [5.41, 5.74) is 0.474. The van der Waals surface area contributed by atoms with Crippen molar-refractivity contribution in [1.29, 1.82) is 5.26 Å². The van der Waals surface area contributed by atoms with Crippen LogP contribution in [-0.2, 0) is 0 Å². The molecular formula is C9H6Br2FNO. The topological polar surface area (TPSA) is 33.0 Å². The van der Waals surface area contributed by atoms with E-state index in [1.54, 1.807) is 6.07 Å². The van der Waals surface area contributed by atoms with Gasteiger partial charge in [0, 0.05) is 10.0 Å². The molecule has 0 saturated heterocycles. The Morgan fingerprint density at radius 2 is 2.21 bits per heavy atom. The van der Waals surface area contributed by atoms with E-state index in [0.29, 0.717) is 10.0 Å². The lowest BCUT2D eigenvalue weighted by atomic mass is 10.1. The number of rotatable bonds is 2. The third-order valence-electron chi connectivity index (χ3n) is 1.63. The summed E-state index contributed by atoms with van der Waals surface area (Å²) in [7, 11) is 1.37. The molecule has 0 radical (unpaired) electrons. The van der Waals surface area contributed by atoms with Crippen LogP contribution in [0.25, 0.3) is 0 Å². The lowest BCUT2D eigenvalue weighted by Gasteiger charge is -2.10. The van der Waals surface area contributed by atoms with Gasteiger partial charge in [-0.05, 0) is 12.1 Å². The first-order chi connectivity index (χ1) is 6.60. The first kappa shape index (κ1) is 11.5. The second-order valence-electron chi connectivity index (χ2n) is 2.50. The number of hydrogen-bond acceptors (Lipinski definition) is 2. The molecule has 1 atom stereocenters. The Labute approximate surface area is 97.9 Å². The van der Waals surface area contributed by atoms with Crippen molar-refractivity contribution in [3.63, 3.8) is 0 Å². The molecule has 1 aromatic carbocycles. The Hall–Kier alpha value is -0.600. The van der Waals surface area contributed by atoms with Gasteiger partial charge < -0.3 is 4.74 Å². The van der Waals surface area contributed by atoms with Gasteiger partial charge in [-0.1, -0.05) is 31.9 Å². The van der Waals surface area contributed by atoms with Crippen LogP contribution < -0.4 is 4.74 Å². The number of halogens is 3. The quantitative estimate of drug-likeness (QED) is 0.780. The van der Waals surface area contributed by atoms with Crippen LogP contribution in [0.1, 0.15) is 10.4 Å². The summed E-state index contributed by atoms with van der Waals surface area (Å²) in [5.74, 6) is -0.395. The van der Waals surface area contributed by atoms with Crippen LogP contribution in [0.5, 0.6) is 5.75 Å². The minimum atomic E-state index is -0.579. The molecule has 1 aromatic rings. The second kappa shape index (κ2) is 4.76. The molecule has 0 bridgehead atoms. The molecular weight excluding hydrogens is 317 g/mol. The lowest BCUT2D eigenvalue weighted by Crippen LogP contribution is -1.96. The fraction of sp³-hybridized carbons (Fsp3) is 0.222. The fourth-order valence-corrected chi connectivity index (χ4v) is 1.84. The predicted molar refractivity (Wildman–Crippen MR) is 57.9 cm³/mol. The Morgan fingerprint density at radius 3 is 2.71 bits per heavy atom. The highest BCUT2D eigenvalue weighted by Gasteiger charge is 2.17. The maximum atomic E-state index is 13.3. The molecule has 0 amide bonds. The average Bonchev–Trinajstić information content (AvgIpc) is 2.15. The van der Waals surface area contributed by atoms with Gasteiger partial charge in [0.05, 0.1) is 13.2 Å². The van der Waals surface area contributed by atoms with E-state index in [1.165, 1.54) is 13.2 Å². The zero-order valence-corrected chi connectivity index (χ0v) is 10.4. The van der Waals surface area contributed by atoms with Gasteiger partial charge in [0.2, 0.25) is 0 Å². The Bertz CT molecular complexity index is 389. The van der Waals surface area contributed by atoms with Crippen LogP contribution >= 0.6 is 31.9 Å². The van der Waals surface area contributed by atoms with Crippen LogP contribution in [0.3, 0.4) is 0 Å². The van der Waals surface area contributed by atoms with Crippen molar-refractivity contribution < 1.29 is 9.13 Å². The summed E-state index contributed by atoms with van der Waals surface area (Å²) >= 11 is 6.26. The molecule has 0 fully saturated rings. The van der Waals surface area contributed by atoms with Crippen molar-refractivity contribution in [1.82, 2.24) is 0 Å². The maximum absolute atomic E-state index is 13.3. The zero-order chi connectivity index (χ0) is 10.7. The normalized spacial score (nSPS) is 11.9. The molecule has 0 spiro atoms. The van der Waals surface area contributed by atoms with Gasteiger partial charge in [-0.2, -0.15) is 5.26 Å². The molecule has 0 aromatic heterocycles. The van der Waals surface area contributed by atoms with Crippen LogP contribution in [0, 0.1) is 17.1 Å². The number of benzene rings is 1. The smallest absolute Gasteiger partial charge is 0.166 e. The van der Waals surface area contributed by atoms with Gasteiger partial charge in [0.15, 0.2) is 11.6 Å². The number of nitrogens with zero attached hydrogens (tertiary/aromatic N) is 1. The Balaban J connectivity index is 3.33. The average molecular weight is 323 g/mol. The monoisotopic (exact) mass is 321 g/mol. The van der Waals surface area contributed by atoms with E-state index < -0.39 is 10.6 Å². The summed E-state index contributed by atoms with van der Waals surface area (Å²) in [4.78, 5) is -0.579. The molecule has 1 rings (SSSR count). The SMILES string of the molecule is COc1c(F)cc(Br)cc1C(Br)C#N. The summed E-state index contributed by atoms with van der Waals surface area (Å²) in [6.07, 6.45) is 0. The standard InChI is InChI=1S/C9H6Br2FNO/c1-14-9-6(7(11)4-13)2-5(10)3-8(9)12/h2-3,7H,1H3. The van der Waals surface area contributed by atoms with E-state index in [9.17, 15) is 4.39 Å². The zero-order valence-electron chi connectivity index (χ0n) is 7.22. The van der Waals surface area contributed by atoms with E-state index in [2.05, 4.69) is 31.9 Å². The van der Waals surface area contributed by atoms with Gasteiger partial charge in [0.25, 0.3) is 0 Å². The third kappa shape index (κ3) is 2.25. The number of ether oxygens (including phenoxy) is 1. The number of nitriles is 1. The van der Waals surface area contributed by atoms with Gasteiger partial charge in [-0.15, -0.1) is 0 Å². The van der Waals surface area contributed by atoms with Crippen LogP contribution in [0.2, 0.25) is 0 Å². The Morgan fingerprint density at radius 1 is 1.57 bits per heavy atom. The van der Waals surface area contributed by atoms with E-state index >= 15 is 0 Å². The highest BCUT2D eigenvalue weighted by molar-refractivity contribution is 9.10. The molecule has 14 heavy (non-hydrogen) atoms. The van der Waals surface area contributed by atoms with Crippen LogP contribution in [-0.4, -0.2) is 7.11 Å². The van der Waals surface area contributed by atoms with E-state index in [1.807, 2.05) is 6.07 Å². The van der Waals surface area contributed by atoms with Crippen LogP contribution in [0.15, 0.2) is 16.6 Å².